The Labute approximate surface area is 158 Å². The van der Waals surface area contributed by atoms with Crippen molar-refractivity contribution in [3.63, 3.8) is 0 Å². The summed E-state index contributed by atoms with van der Waals surface area (Å²) >= 11 is 2.91. The van der Waals surface area contributed by atoms with Gasteiger partial charge in [-0.25, -0.2) is 9.07 Å². The maximum Gasteiger partial charge on any atom is 0.230 e. The number of nitrogens with one attached hydrogen (secondary N) is 1. The summed E-state index contributed by atoms with van der Waals surface area (Å²) in [5.74, 6) is 6.41. The van der Waals surface area contributed by atoms with Crippen LogP contribution in [0.3, 0.4) is 0 Å². The molecule has 0 aliphatic rings. The molecule has 9 heteroatoms. The predicted molar refractivity (Wildman–Crippen MR) is 101 cm³/mol. The van der Waals surface area contributed by atoms with Gasteiger partial charge in [0.25, 0.3) is 0 Å². The van der Waals surface area contributed by atoms with Crippen molar-refractivity contribution in [2.24, 2.45) is 0 Å². The van der Waals surface area contributed by atoms with Crippen LogP contribution in [0.25, 0.3) is 0 Å². The number of amides is 1. The maximum atomic E-state index is 13.0. The molecule has 0 aliphatic heterocycles. The SMILES string of the molecule is Nn1c(Cc2ccc(F)cc2)nnc1SCC(=O)NCCc1cccs1. The van der Waals surface area contributed by atoms with Gasteiger partial charge in [-0.1, -0.05) is 30.0 Å². The van der Waals surface area contributed by atoms with Crippen LogP contribution >= 0.6 is 23.1 Å². The van der Waals surface area contributed by atoms with Crippen LogP contribution in [-0.2, 0) is 17.6 Å². The van der Waals surface area contributed by atoms with Gasteiger partial charge in [-0.15, -0.1) is 21.5 Å². The van der Waals surface area contributed by atoms with Gasteiger partial charge >= 0.3 is 0 Å². The molecule has 136 valence electrons. The van der Waals surface area contributed by atoms with Gasteiger partial charge < -0.3 is 11.2 Å². The molecule has 0 unspecified atom stereocenters. The Bertz CT molecular complexity index is 849. The molecule has 0 saturated heterocycles. The van der Waals surface area contributed by atoms with Gasteiger partial charge in [0, 0.05) is 17.8 Å². The Morgan fingerprint density at radius 3 is 2.81 bits per heavy atom. The molecular formula is C17H18FN5OS2. The number of carbonyl (C=O) groups is 1. The summed E-state index contributed by atoms with van der Waals surface area (Å²) < 4.78 is 14.3. The highest BCUT2D eigenvalue weighted by Gasteiger charge is 2.12. The summed E-state index contributed by atoms with van der Waals surface area (Å²) in [6, 6.07) is 10.2. The lowest BCUT2D eigenvalue weighted by Crippen LogP contribution is -2.27. The summed E-state index contributed by atoms with van der Waals surface area (Å²) in [4.78, 5) is 13.2. The fraction of sp³-hybridized carbons (Fsp3) is 0.235. The molecule has 0 atom stereocenters. The Hall–Kier alpha value is -2.39. The summed E-state index contributed by atoms with van der Waals surface area (Å²) in [5, 5.41) is 13.4. The number of hydrogen-bond acceptors (Lipinski definition) is 6. The number of carbonyl (C=O) groups excluding carboxylic acids is 1. The first-order valence-electron chi connectivity index (χ1n) is 7.97. The molecule has 26 heavy (non-hydrogen) atoms. The van der Waals surface area contributed by atoms with E-state index in [0.29, 0.717) is 23.9 Å². The lowest BCUT2D eigenvalue weighted by atomic mass is 10.1. The van der Waals surface area contributed by atoms with Crippen LogP contribution in [0.15, 0.2) is 46.9 Å². The second kappa shape index (κ2) is 8.81. The maximum absolute atomic E-state index is 13.0. The zero-order chi connectivity index (χ0) is 18.4. The minimum atomic E-state index is -0.288. The third kappa shape index (κ3) is 5.06. The Morgan fingerprint density at radius 2 is 2.08 bits per heavy atom. The van der Waals surface area contributed by atoms with Crippen LogP contribution in [0.5, 0.6) is 0 Å². The number of aromatic nitrogens is 3. The molecule has 2 heterocycles. The number of nitrogen functional groups attached to an aromatic ring is 1. The van der Waals surface area contributed by atoms with Crippen molar-refractivity contribution in [1.29, 1.82) is 0 Å². The molecule has 6 nitrogen and oxygen atoms in total. The van der Waals surface area contributed by atoms with Crippen molar-refractivity contribution < 1.29 is 9.18 Å². The molecule has 0 saturated carbocycles. The molecule has 0 bridgehead atoms. The molecule has 0 fully saturated rings. The van der Waals surface area contributed by atoms with E-state index in [4.69, 9.17) is 5.84 Å². The highest BCUT2D eigenvalue weighted by atomic mass is 32.2. The minimum absolute atomic E-state index is 0.0744. The van der Waals surface area contributed by atoms with Crippen molar-refractivity contribution in [2.45, 2.75) is 18.0 Å². The zero-order valence-corrected chi connectivity index (χ0v) is 15.5. The zero-order valence-electron chi connectivity index (χ0n) is 13.9. The predicted octanol–water partition coefficient (Wildman–Crippen LogP) is 2.23. The number of halogens is 1. The number of thiophene rings is 1. The fourth-order valence-corrected chi connectivity index (χ4v) is 3.69. The molecule has 1 aromatic carbocycles. The molecule has 3 N–H and O–H groups in total. The molecule has 3 aromatic rings. The van der Waals surface area contributed by atoms with Gasteiger partial charge in [-0.05, 0) is 35.6 Å². The number of rotatable bonds is 8. The lowest BCUT2D eigenvalue weighted by Gasteiger charge is -2.05. The van der Waals surface area contributed by atoms with Gasteiger partial charge in [-0.3, -0.25) is 4.79 Å². The molecule has 0 radical (unpaired) electrons. The first-order chi connectivity index (χ1) is 12.6. The number of benzene rings is 1. The van der Waals surface area contributed by atoms with Gasteiger partial charge in [0.15, 0.2) is 5.82 Å². The average molecular weight is 391 g/mol. The summed E-state index contributed by atoms with van der Waals surface area (Å²) in [6.45, 7) is 0.602. The lowest BCUT2D eigenvalue weighted by molar-refractivity contribution is -0.118. The van der Waals surface area contributed by atoms with Crippen LogP contribution in [0.4, 0.5) is 4.39 Å². The van der Waals surface area contributed by atoms with E-state index in [0.717, 1.165) is 12.0 Å². The van der Waals surface area contributed by atoms with Crippen molar-refractivity contribution in [3.05, 3.63) is 63.9 Å². The monoisotopic (exact) mass is 391 g/mol. The highest BCUT2D eigenvalue weighted by molar-refractivity contribution is 7.99. The van der Waals surface area contributed by atoms with Crippen molar-refractivity contribution >= 4 is 29.0 Å². The number of nitrogens with two attached hydrogens (primary N) is 1. The van der Waals surface area contributed by atoms with E-state index in [9.17, 15) is 9.18 Å². The second-order valence-electron chi connectivity index (χ2n) is 5.54. The smallest absolute Gasteiger partial charge is 0.230 e. The first-order valence-corrected chi connectivity index (χ1v) is 9.84. The van der Waals surface area contributed by atoms with Gasteiger partial charge in [-0.2, -0.15) is 0 Å². The quantitative estimate of drug-likeness (QED) is 0.454. The van der Waals surface area contributed by atoms with E-state index in [2.05, 4.69) is 15.5 Å². The second-order valence-corrected chi connectivity index (χ2v) is 7.51. The molecule has 0 aliphatic carbocycles. The first kappa shape index (κ1) is 18.4. The third-order valence-corrected chi connectivity index (χ3v) is 5.50. The van der Waals surface area contributed by atoms with E-state index in [1.807, 2.05) is 17.5 Å². The van der Waals surface area contributed by atoms with E-state index in [1.165, 1.54) is 33.4 Å². The summed E-state index contributed by atoms with van der Waals surface area (Å²) in [7, 11) is 0. The van der Waals surface area contributed by atoms with Crippen LogP contribution < -0.4 is 11.2 Å². The van der Waals surface area contributed by atoms with Crippen molar-refractivity contribution in [3.8, 4) is 0 Å². The van der Waals surface area contributed by atoms with Crippen molar-refractivity contribution in [2.75, 3.05) is 18.1 Å². The molecule has 1 amide bonds. The third-order valence-electron chi connectivity index (χ3n) is 3.62. The van der Waals surface area contributed by atoms with Crippen LogP contribution in [-0.4, -0.2) is 33.1 Å². The van der Waals surface area contributed by atoms with Gasteiger partial charge in [0.1, 0.15) is 5.82 Å². The van der Waals surface area contributed by atoms with Crippen LogP contribution in [0, 0.1) is 5.82 Å². The van der Waals surface area contributed by atoms with E-state index in [-0.39, 0.29) is 17.5 Å². The Balaban J connectivity index is 1.46. The number of hydrogen-bond donors (Lipinski definition) is 2. The van der Waals surface area contributed by atoms with Crippen LogP contribution in [0.2, 0.25) is 0 Å². The van der Waals surface area contributed by atoms with Crippen molar-refractivity contribution in [1.82, 2.24) is 20.2 Å². The summed E-state index contributed by atoms with van der Waals surface area (Å²) in [6.07, 6.45) is 1.26. The average Bonchev–Trinajstić information content (AvgIpc) is 3.26. The normalized spacial score (nSPS) is 10.8. The summed E-state index contributed by atoms with van der Waals surface area (Å²) in [5.41, 5.74) is 0.883. The molecule has 2 aromatic heterocycles. The van der Waals surface area contributed by atoms with Gasteiger partial charge in [0.05, 0.1) is 5.75 Å². The van der Waals surface area contributed by atoms with Gasteiger partial charge in [0.2, 0.25) is 11.1 Å². The Kier molecular flexibility index (Phi) is 6.24. The molecule has 0 spiro atoms. The largest absolute Gasteiger partial charge is 0.355 e. The Morgan fingerprint density at radius 1 is 1.27 bits per heavy atom. The topological polar surface area (TPSA) is 85.8 Å². The number of nitrogens with zero attached hydrogens (tertiary/aromatic N) is 3. The minimum Gasteiger partial charge on any atom is -0.355 e. The standard InChI is InChI=1S/C17H18FN5OS2/c18-13-5-3-12(4-6-13)10-15-21-22-17(23(15)19)26-11-16(24)20-8-7-14-2-1-9-25-14/h1-6,9H,7-8,10-11,19H2,(H,20,24). The molecular weight excluding hydrogens is 373 g/mol. The fourth-order valence-electron chi connectivity index (χ4n) is 2.27. The highest BCUT2D eigenvalue weighted by Crippen LogP contribution is 2.16. The van der Waals surface area contributed by atoms with E-state index < -0.39 is 0 Å². The van der Waals surface area contributed by atoms with E-state index in [1.54, 1.807) is 23.5 Å². The van der Waals surface area contributed by atoms with E-state index >= 15 is 0 Å². The number of thioether (sulfide) groups is 1. The molecule has 3 rings (SSSR count). The van der Waals surface area contributed by atoms with Crippen LogP contribution in [0.1, 0.15) is 16.3 Å².